The number of carbonyl (C=O) groups excluding carboxylic acids is 1. The summed E-state index contributed by atoms with van der Waals surface area (Å²) >= 11 is 12.1. The summed E-state index contributed by atoms with van der Waals surface area (Å²) in [6, 6.07) is 13.0. The van der Waals surface area contributed by atoms with Gasteiger partial charge in [0.05, 0.1) is 16.7 Å². The van der Waals surface area contributed by atoms with Gasteiger partial charge in [-0.25, -0.2) is 4.52 Å². The highest BCUT2D eigenvalue weighted by atomic mass is 35.5. The Bertz CT molecular complexity index is 1260. The number of nitrogens with zero attached hydrogens (tertiary/aromatic N) is 3. The second kappa shape index (κ2) is 9.63. The summed E-state index contributed by atoms with van der Waals surface area (Å²) in [6.07, 6.45) is 1.65. The Morgan fingerprint density at radius 3 is 2.69 bits per heavy atom. The van der Waals surface area contributed by atoms with Crippen molar-refractivity contribution in [2.75, 3.05) is 13.2 Å². The van der Waals surface area contributed by atoms with Gasteiger partial charge in [-0.15, -0.1) is 10.2 Å². The summed E-state index contributed by atoms with van der Waals surface area (Å²) in [4.78, 5) is 12.5. The lowest BCUT2D eigenvalue weighted by Crippen LogP contribution is -2.25. The van der Waals surface area contributed by atoms with Gasteiger partial charge in [0.25, 0.3) is 5.91 Å². The first-order valence-electron chi connectivity index (χ1n) is 10.3. The Labute approximate surface area is 195 Å². The third-order valence-corrected chi connectivity index (χ3v) is 5.80. The molecule has 0 aliphatic rings. The molecule has 0 spiro atoms. The Hall–Kier alpha value is -3.03. The molecule has 4 rings (SSSR count). The van der Waals surface area contributed by atoms with Gasteiger partial charge in [-0.1, -0.05) is 40.9 Å². The van der Waals surface area contributed by atoms with Gasteiger partial charge in [-0.3, -0.25) is 9.89 Å². The van der Waals surface area contributed by atoms with Crippen molar-refractivity contribution < 1.29 is 9.53 Å². The lowest BCUT2D eigenvalue weighted by atomic mass is 10.1. The molecule has 0 bridgehead atoms. The Morgan fingerprint density at radius 1 is 1.06 bits per heavy atom. The number of hydrogen-bond donors (Lipinski definition) is 2. The molecule has 0 aliphatic heterocycles. The third kappa shape index (κ3) is 4.89. The third-order valence-electron chi connectivity index (χ3n) is 5.06. The van der Waals surface area contributed by atoms with Crippen molar-refractivity contribution in [2.45, 2.75) is 26.7 Å². The fourth-order valence-electron chi connectivity index (χ4n) is 3.39. The first-order valence-corrected chi connectivity index (χ1v) is 11.1. The molecule has 0 fully saturated rings. The van der Waals surface area contributed by atoms with Crippen molar-refractivity contribution in [3.63, 3.8) is 0 Å². The number of benzene rings is 2. The Balaban J connectivity index is 1.29. The number of rotatable bonds is 8. The van der Waals surface area contributed by atoms with E-state index in [-0.39, 0.29) is 5.91 Å². The number of ether oxygens (including phenoxy) is 1. The van der Waals surface area contributed by atoms with Crippen LogP contribution in [0, 0.1) is 13.8 Å². The zero-order valence-corrected chi connectivity index (χ0v) is 19.3. The van der Waals surface area contributed by atoms with E-state index >= 15 is 0 Å². The predicted molar refractivity (Wildman–Crippen MR) is 126 cm³/mol. The molecule has 2 aromatic carbocycles. The number of aromatic nitrogens is 4. The fourth-order valence-corrected chi connectivity index (χ4v) is 3.69. The van der Waals surface area contributed by atoms with Crippen molar-refractivity contribution in [1.82, 2.24) is 25.1 Å². The molecule has 0 radical (unpaired) electrons. The number of fused-ring (bicyclic) bond motifs is 1. The van der Waals surface area contributed by atoms with Crippen LogP contribution in [-0.2, 0) is 0 Å². The van der Waals surface area contributed by atoms with Gasteiger partial charge >= 0.3 is 0 Å². The van der Waals surface area contributed by atoms with Crippen molar-refractivity contribution >= 4 is 34.8 Å². The van der Waals surface area contributed by atoms with Gasteiger partial charge in [-0.2, -0.15) is 0 Å². The molecule has 2 heterocycles. The number of aromatic amines is 1. The molecule has 0 aliphatic carbocycles. The van der Waals surface area contributed by atoms with E-state index in [1.165, 1.54) is 5.56 Å². The van der Waals surface area contributed by atoms with Crippen LogP contribution in [0.4, 0.5) is 0 Å². The second-order valence-electron chi connectivity index (χ2n) is 7.60. The van der Waals surface area contributed by atoms with Crippen LogP contribution in [0.2, 0.25) is 10.0 Å². The van der Waals surface area contributed by atoms with E-state index in [9.17, 15) is 4.79 Å². The SMILES string of the molecule is Cc1ccc(OCCCCNC(=O)c2cc3nnc(-c4ccc(Cl)c(Cl)c4)n3[nH]2)c(C)c1. The average molecular weight is 472 g/mol. The summed E-state index contributed by atoms with van der Waals surface area (Å²) < 4.78 is 7.47. The number of aryl methyl sites for hydroxylation is 2. The second-order valence-corrected chi connectivity index (χ2v) is 8.41. The zero-order valence-electron chi connectivity index (χ0n) is 17.8. The van der Waals surface area contributed by atoms with E-state index in [1.807, 2.05) is 19.1 Å². The predicted octanol–water partition coefficient (Wildman–Crippen LogP) is 5.24. The highest BCUT2D eigenvalue weighted by Gasteiger charge is 2.15. The van der Waals surface area contributed by atoms with Crippen LogP contribution in [0.25, 0.3) is 17.0 Å². The van der Waals surface area contributed by atoms with Gasteiger partial charge in [0.2, 0.25) is 0 Å². The number of unbranched alkanes of at least 4 members (excludes halogenated alkanes) is 1. The van der Waals surface area contributed by atoms with Gasteiger partial charge in [-0.05, 0) is 56.5 Å². The number of H-pyrrole nitrogens is 1. The first-order chi connectivity index (χ1) is 15.4. The van der Waals surface area contributed by atoms with Crippen LogP contribution < -0.4 is 10.1 Å². The molecule has 0 atom stereocenters. The van der Waals surface area contributed by atoms with Crippen LogP contribution in [0.5, 0.6) is 5.75 Å². The van der Waals surface area contributed by atoms with Crippen molar-refractivity contribution in [3.05, 3.63) is 69.3 Å². The lowest BCUT2D eigenvalue weighted by Gasteiger charge is -2.10. The lowest BCUT2D eigenvalue weighted by molar-refractivity contribution is 0.0947. The molecule has 0 saturated heterocycles. The van der Waals surface area contributed by atoms with Gasteiger partial charge in [0.15, 0.2) is 11.5 Å². The summed E-state index contributed by atoms with van der Waals surface area (Å²) in [5, 5.41) is 15.1. The summed E-state index contributed by atoms with van der Waals surface area (Å²) in [5.74, 6) is 1.24. The van der Waals surface area contributed by atoms with E-state index in [4.69, 9.17) is 27.9 Å². The maximum atomic E-state index is 12.5. The number of hydrogen-bond acceptors (Lipinski definition) is 4. The van der Waals surface area contributed by atoms with Crippen molar-refractivity contribution in [1.29, 1.82) is 0 Å². The average Bonchev–Trinajstić information content (AvgIpc) is 3.35. The molecule has 0 saturated carbocycles. The molecule has 2 N–H and O–H groups in total. The van der Waals surface area contributed by atoms with Gasteiger partial charge in [0.1, 0.15) is 11.4 Å². The molecule has 32 heavy (non-hydrogen) atoms. The van der Waals surface area contributed by atoms with Crippen LogP contribution >= 0.6 is 23.2 Å². The van der Waals surface area contributed by atoms with Crippen LogP contribution in [0.15, 0.2) is 42.5 Å². The molecule has 1 amide bonds. The van der Waals surface area contributed by atoms with Crippen molar-refractivity contribution in [2.24, 2.45) is 0 Å². The van der Waals surface area contributed by atoms with Gasteiger partial charge < -0.3 is 10.1 Å². The van der Waals surface area contributed by atoms with E-state index in [0.29, 0.717) is 40.4 Å². The normalized spacial score (nSPS) is 11.1. The smallest absolute Gasteiger partial charge is 0.269 e. The monoisotopic (exact) mass is 471 g/mol. The highest BCUT2D eigenvalue weighted by Crippen LogP contribution is 2.28. The van der Waals surface area contributed by atoms with E-state index in [1.54, 1.807) is 28.8 Å². The van der Waals surface area contributed by atoms with E-state index in [2.05, 4.69) is 33.6 Å². The number of amides is 1. The number of nitrogens with one attached hydrogen (secondary N) is 2. The first kappa shape index (κ1) is 22.2. The summed E-state index contributed by atoms with van der Waals surface area (Å²) in [5.41, 5.74) is 4.03. The van der Waals surface area contributed by atoms with Crippen molar-refractivity contribution in [3.8, 4) is 17.1 Å². The molecular formula is C23H23Cl2N5O2. The summed E-state index contributed by atoms with van der Waals surface area (Å²) in [7, 11) is 0. The standard InChI is InChI=1S/C23H23Cl2N5O2/c1-14-5-8-20(15(2)11-14)32-10-4-3-9-26-23(31)19-13-21-27-28-22(30(21)29-19)16-6-7-17(24)18(25)12-16/h5-8,11-13,29H,3-4,9-10H2,1-2H3,(H,26,31). The minimum Gasteiger partial charge on any atom is -0.493 e. The Morgan fingerprint density at radius 2 is 1.91 bits per heavy atom. The maximum absolute atomic E-state index is 12.5. The molecule has 4 aromatic rings. The zero-order chi connectivity index (χ0) is 22.7. The van der Waals surface area contributed by atoms with Crippen LogP contribution in [0.3, 0.4) is 0 Å². The van der Waals surface area contributed by atoms with Crippen LogP contribution in [-0.4, -0.2) is 38.9 Å². The van der Waals surface area contributed by atoms with Gasteiger partial charge in [0, 0.05) is 18.2 Å². The minimum absolute atomic E-state index is 0.203. The number of halogens is 2. The topological polar surface area (TPSA) is 84.3 Å². The largest absolute Gasteiger partial charge is 0.493 e. The summed E-state index contributed by atoms with van der Waals surface area (Å²) in [6.45, 7) is 5.26. The highest BCUT2D eigenvalue weighted by molar-refractivity contribution is 6.42. The minimum atomic E-state index is -0.203. The van der Waals surface area contributed by atoms with Crippen LogP contribution in [0.1, 0.15) is 34.5 Å². The molecule has 166 valence electrons. The molecular weight excluding hydrogens is 449 g/mol. The quantitative estimate of drug-likeness (QED) is 0.344. The molecule has 0 unspecified atom stereocenters. The molecule has 7 nitrogen and oxygen atoms in total. The maximum Gasteiger partial charge on any atom is 0.269 e. The fraction of sp³-hybridized carbons (Fsp3) is 0.261. The molecule has 2 aromatic heterocycles. The Kier molecular flexibility index (Phi) is 6.67. The van der Waals surface area contributed by atoms with E-state index in [0.717, 1.165) is 29.7 Å². The number of carbonyl (C=O) groups is 1. The molecule has 9 heteroatoms. The van der Waals surface area contributed by atoms with E-state index < -0.39 is 0 Å².